The Morgan fingerprint density at radius 2 is 1.81 bits per heavy atom. The van der Waals surface area contributed by atoms with Gasteiger partial charge in [-0.3, -0.25) is 10.1 Å². The maximum absolute atomic E-state index is 11.9. The number of hydrogen-bond acceptors (Lipinski definition) is 5. The number of rotatable bonds is 6. The lowest BCUT2D eigenvalue weighted by Gasteiger charge is -2.23. The van der Waals surface area contributed by atoms with E-state index in [1.165, 1.54) is 13.3 Å². The molecule has 0 saturated heterocycles. The minimum Gasteiger partial charge on any atom is -0.482 e. The molecule has 3 amide bonds. The topological polar surface area (TPSA) is 93.7 Å². The molecule has 26 heavy (non-hydrogen) atoms. The molecule has 1 aromatic carbocycles. The van der Waals surface area contributed by atoms with E-state index >= 15 is 0 Å². The Balaban J connectivity index is 1.68. The van der Waals surface area contributed by atoms with E-state index in [-0.39, 0.29) is 12.6 Å². The Hall–Kier alpha value is -2.28. The summed E-state index contributed by atoms with van der Waals surface area (Å²) in [5, 5.41) is 5.51. The molecule has 8 heteroatoms. The van der Waals surface area contributed by atoms with Crippen LogP contribution in [0.3, 0.4) is 0 Å². The van der Waals surface area contributed by atoms with Crippen LogP contribution in [0.4, 0.5) is 4.79 Å². The number of amides is 3. The van der Waals surface area contributed by atoms with Crippen molar-refractivity contribution in [3.63, 3.8) is 0 Å². The molecule has 2 rings (SSSR count). The van der Waals surface area contributed by atoms with E-state index in [1.54, 1.807) is 24.3 Å². The summed E-state index contributed by atoms with van der Waals surface area (Å²) >= 11 is 5.76. The van der Waals surface area contributed by atoms with Gasteiger partial charge in [-0.2, -0.15) is 0 Å². The maximum Gasteiger partial charge on any atom is 0.344 e. The predicted octanol–water partition coefficient (Wildman–Crippen LogP) is 2.81. The lowest BCUT2D eigenvalue weighted by molar-refractivity contribution is -0.156. The van der Waals surface area contributed by atoms with Gasteiger partial charge in [0.2, 0.25) is 0 Å². The Morgan fingerprint density at radius 3 is 2.46 bits per heavy atom. The van der Waals surface area contributed by atoms with Gasteiger partial charge >= 0.3 is 12.0 Å². The molecule has 1 atom stereocenters. The van der Waals surface area contributed by atoms with Crippen LogP contribution in [-0.4, -0.2) is 36.7 Å². The SMILES string of the molecule is C[C@H](OC(=O)COc1ccc(Cl)cc1)C(=O)NC(=O)NC1CCCCC1. The largest absolute Gasteiger partial charge is 0.482 e. The van der Waals surface area contributed by atoms with Gasteiger partial charge in [-0.05, 0) is 44.0 Å². The van der Waals surface area contributed by atoms with Crippen LogP contribution < -0.4 is 15.4 Å². The summed E-state index contributed by atoms with van der Waals surface area (Å²) in [4.78, 5) is 35.5. The van der Waals surface area contributed by atoms with Gasteiger partial charge in [0.15, 0.2) is 12.7 Å². The Bertz CT molecular complexity index is 629. The number of imide groups is 1. The van der Waals surface area contributed by atoms with E-state index in [0.717, 1.165) is 25.7 Å². The maximum atomic E-state index is 11.9. The first kappa shape index (κ1) is 20.0. The van der Waals surface area contributed by atoms with Crippen LogP contribution in [0.2, 0.25) is 5.02 Å². The second-order valence-electron chi connectivity index (χ2n) is 6.17. The van der Waals surface area contributed by atoms with Gasteiger partial charge in [0.05, 0.1) is 0 Å². The van der Waals surface area contributed by atoms with Crippen molar-refractivity contribution in [2.45, 2.75) is 51.2 Å². The van der Waals surface area contributed by atoms with Crippen molar-refractivity contribution in [1.29, 1.82) is 0 Å². The average Bonchev–Trinajstić information content (AvgIpc) is 2.62. The highest BCUT2D eigenvalue weighted by Crippen LogP contribution is 2.17. The molecule has 7 nitrogen and oxygen atoms in total. The van der Waals surface area contributed by atoms with Crippen LogP contribution in [0, 0.1) is 0 Å². The van der Waals surface area contributed by atoms with Crippen LogP contribution in [0.1, 0.15) is 39.0 Å². The fraction of sp³-hybridized carbons (Fsp3) is 0.500. The lowest BCUT2D eigenvalue weighted by Crippen LogP contribution is -2.48. The standard InChI is InChI=1S/C18H23ClN2O5/c1-12(17(23)21-18(24)20-14-5-3-2-4-6-14)26-16(22)11-25-15-9-7-13(19)8-10-15/h7-10,12,14H,2-6,11H2,1H3,(H2,20,21,23,24)/t12-/m0/s1. The molecule has 0 bridgehead atoms. The van der Waals surface area contributed by atoms with Gasteiger partial charge in [0.25, 0.3) is 5.91 Å². The van der Waals surface area contributed by atoms with Gasteiger partial charge in [-0.25, -0.2) is 9.59 Å². The predicted molar refractivity (Wildman–Crippen MR) is 96.0 cm³/mol. The van der Waals surface area contributed by atoms with E-state index in [9.17, 15) is 14.4 Å². The zero-order valence-electron chi connectivity index (χ0n) is 14.6. The lowest BCUT2D eigenvalue weighted by atomic mass is 9.96. The molecule has 1 fully saturated rings. The molecule has 0 spiro atoms. The summed E-state index contributed by atoms with van der Waals surface area (Å²) in [7, 11) is 0. The molecule has 0 heterocycles. The third-order valence-electron chi connectivity index (χ3n) is 4.02. The molecular formula is C18H23ClN2O5. The Morgan fingerprint density at radius 1 is 1.15 bits per heavy atom. The van der Waals surface area contributed by atoms with Crippen LogP contribution >= 0.6 is 11.6 Å². The highest BCUT2D eigenvalue weighted by atomic mass is 35.5. The number of hydrogen-bond donors (Lipinski definition) is 2. The van der Waals surface area contributed by atoms with Gasteiger partial charge < -0.3 is 14.8 Å². The summed E-state index contributed by atoms with van der Waals surface area (Å²) < 4.78 is 10.2. The molecule has 0 aromatic heterocycles. The first-order chi connectivity index (χ1) is 12.4. The summed E-state index contributed by atoms with van der Waals surface area (Å²) in [5.41, 5.74) is 0. The van der Waals surface area contributed by atoms with Gasteiger partial charge in [0, 0.05) is 11.1 Å². The fourth-order valence-electron chi connectivity index (χ4n) is 2.64. The number of nitrogens with one attached hydrogen (secondary N) is 2. The van der Waals surface area contributed by atoms with Crippen LogP contribution in [0.5, 0.6) is 5.75 Å². The molecule has 1 aliphatic rings. The van der Waals surface area contributed by atoms with Gasteiger partial charge in [-0.15, -0.1) is 0 Å². The van der Waals surface area contributed by atoms with Gasteiger partial charge in [-0.1, -0.05) is 30.9 Å². The van der Waals surface area contributed by atoms with E-state index in [4.69, 9.17) is 21.1 Å². The number of benzene rings is 1. The smallest absolute Gasteiger partial charge is 0.344 e. The highest BCUT2D eigenvalue weighted by Gasteiger charge is 2.22. The van der Waals surface area contributed by atoms with Crippen LogP contribution in [-0.2, 0) is 14.3 Å². The van der Waals surface area contributed by atoms with Crippen molar-refractivity contribution < 1.29 is 23.9 Å². The molecule has 142 valence electrons. The van der Waals surface area contributed by atoms with Crippen molar-refractivity contribution in [1.82, 2.24) is 10.6 Å². The molecule has 1 aromatic rings. The summed E-state index contributed by atoms with van der Waals surface area (Å²) in [6.45, 7) is 1.04. The Labute approximate surface area is 157 Å². The number of ether oxygens (including phenoxy) is 2. The number of carbonyl (C=O) groups is 3. The van der Waals surface area contributed by atoms with Crippen molar-refractivity contribution in [3.8, 4) is 5.75 Å². The molecule has 1 saturated carbocycles. The van der Waals surface area contributed by atoms with Crippen molar-refractivity contribution in [2.75, 3.05) is 6.61 Å². The highest BCUT2D eigenvalue weighted by molar-refractivity contribution is 6.30. The zero-order valence-corrected chi connectivity index (χ0v) is 15.4. The number of urea groups is 1. The summed E-state index contributed by atoms with van der Waals surface area (Å²) in [6.07, 6.45) is 4.03. The minimum absolute atomic E-state index is 0.0854. The molecule has 0 aliphatic heterocycles. The third kappa shape index (κ3) is 6.92. The van der Waals surface area contributed by atoms with E-state index < -0.39 is 24.0 Å². The van der Waals surface area contributed by atoms with Crippen LogP contribution in [0.25, 0.3) is 0 Å². The van der Waals surface area contributed by atoms with E-state index in [1.807, 2.05) is 0 Å². The number of esters is 1. The van der Waals surface area contributed by atoms with Crippen molar-refractivity contribution in [2.24, 2.45) is 0 Å². The zero-order chi connectivity index (χ0) is 18.9. The molecule has 2 N–H and O–H groups in total. The van der Waals surface area contributed by atoms with Crippen LogP contribution in [0.15, 0.2) is 24.3 Å². The second-order valence-corrected chi connectivity index (χ2v) is 6.61. The molecular weight excluding hydrogens is 360 g/mol. The summed E-state index contributed by atoms with van der Waals surface area (Å²) in [5.74, 6) is -0.941. The normalized spacial score (nSPS) is 15.6. The minimum atomic E-state index is -1.10. The fourth-order valence-corrected chi connectivity index (χ4v) is 2.77. The van der Waals surface area contributed by atoms with Crippen molar-refractivity contribution >= 4 is 29.5 Å². The van der Waals surface area contributed by atoms with Crippen molar-refractivity contribution in [3.05, 3.63) is 29.3 Å². The quantitative estimate of drug-likeness (QED) is 0.738. The van der Waals surface area contributed by atoms with E-state index in [2.05, 4.69) is 10.6 Å². The molecule has 1 aliphatic carbocycles. The first-order valence-corrected chi connectivity index (χ1v) is 9.01. The third-order valence-corrected chi connectivity index (χ3v) is 4.28. The summed E-state index contributed by atoms with van der Waals surface area (Å²) in [6, 6.07) is 6.00. The number of halogens is 1. The monoisotopic (exact) mass is 382 g/mol. The van der Waals surface area contributed by atoms with Gasteiger partial charge in [0.1, 0.15) is 5.75 Å². The number of carbonyl (C=O) groups excluding carboxylic acids is 3. The first-order valence-electron chi connectivity index (χ1n) is 8.63. The van der Waals surface area contributed by atoms with E-state index in [0.29, 0.717) is 10.8 Å². The second kappa shape index (κ2) is 10.0. The molecule has 0 unspecified atom stereocenters. The average molecular weight is 383 g/mol. The molecule has 0 radical (unpaired) electrons. The Kier molecular flexibility index (Phi) is 7.72.